The van der Waals surface area contributed by atoms with Crippen molar-refractivity contribution >= 4 is 27.4 Å². The van der Waals surface area contributed by atoms with Crippen molar-refractivity contribution in [2.45, 2.75) is 12.8 Å². The third-order valence-electron chi connectivity index (χ3n) is 4.34. The monoisotopic (exact) mass is 358 g/mol. The zero-order valence-corrected chi connectivity index (χ0v) is 14.9. The molecule has 2 aromatic heterocycles. The highest BCUT2D eigenvalue weighted by atomic mass is 32.1. The number of ether oxygens (including phenoxy) is 1. The van der Waals surface area contributed by atoms with Crippen LogP contribution >= 0.6 is 11.3 Å². The van der Waals surface area contributed by atoms with Gasteiger partial charge in [-0.3, -0.25) is 4.90 Å². The fraction of sp³-hybridized carbons (Fsp3) is 0.444. The van der Waals surface area contributed by atoms with Crippen molar-refractivity contribution in [1.29, 1.82) is 0 Å². The van der Waals surface area contributed by atoms with Crippen LogP contribution < -0.4 is 5.32 Å². The first-order valence-electron chi connectivity index (χ1n) is 8.75. The molecule has 1 aliphatic rings. The molecule has 1 saturated heterocycles. The summed E-state index contributed by atoms with van der Waals surface area (Å²) in [6.07, 6.45) is 2.24. The van der Waals surface area contributed by atoms with E-state index in [1.807, 2.05) is 12.1 Å². The van der Waals surface area contributed by atoms with E-state index in [4.69, 9.17) is 9.15 Å². The quantitative estimate of drug-likeness (QED) is 0.653. The molecule has 4 rings (SSSR count). The van der Waals surface area contributed by atoms with Gasteiger partial charge in [0.1, 0.15) is 0 Å². The van der Waals surface area contributed by atoms with Gasteiger partial charge >= 0.3 is 6.01 Å². The number of thiophene rings is 1. The van der Waals surface area contributed by atoms with Gasteiger partial charge in [-0.25, -0.2) is 0 Å². The first-order valence-corrected chi connectivity index (χ1v) is 9.56. The van der Waals surface area contributed by atoms with Crippen LogP contribution in [0.4, 0.5) is 6.01 Å². The molecule has 0 aliphatic carbocycles. The highest BCUT2D eigenvalue weighted by Crippen LogP contribution is 2.33. The smallest absolute Gasteiger partial charge is 0.315 e. The number of hydrogen-bond acceptors (Lipinski definition) is 7. The van der Waals surface area contributed by atoms with E-state index < -0.39 is 0 Å². The topological polar surface area (TPSA) is 63.4 Å². The minimum atomic E-state index is 0.499. The minimum Gasteiger partial charge on any atom is -0.403 e. The molecule has 0 saturated carbocycles. The van der Waals surface area contributed by atoms with E-state index in [1.165, 1.54) is 10.1 Å². The van der Waals surface area contributed by atoms with Gasteiger partial charge in [0.2, 0.25) is 0 Å². The number of anilines is 1. The SMILES string of the molecule is c1ccc2sc(-c3nnc(NCCCCN4CCOCC4)o3)cc2c1. The molecule has 0 amide bonds. The van der Waals surface area contributed by atoms with Gasteiger partial charge < -0.3 is 14.5 Å². The maximum atomic E-state index is 5.75. The molecule has 0 spiro atoms. The van der Waals surface area contributed by atoms with Crippen molar-refractivity contribution in [2.75, 3.05) is 44.7 Å². The Morgan fingerprint density at radius 2 is 2.00 bits per heavy atom. The summed E-state index contributed by atoms with van der Waals surface area (Å²) >= 11 is 1.67. The van der Waals surface area contributed by atoms with E-state index >= 15 is 0 Å². The molecule has 132 valence electrons. The van der Waals surface area contributed by atoms with Gasteiger partial charge in [0, 0.05) is 24.3 Å². The predicted molar refractivity (Wildman–Crippen MR) is 100 cm³/mol. The Hall–Kier alpha value is -1.96. The van der Waals surface area contributed by atoms with Crippen molar-refractivity contribution in [3.05, 3.63) is 30.3 Å². The lowest BCUT2D eigenvalue weighted by atomic mass is 10.2. The summed E-state index contributed by atoms with van der Waals surface area (Å²) in [5.74, 6) is 0.581. The number of rotatable bonds is 7. The lowest BCUT2D eigenvalue weighted by Gasteiger charge is -2.26. The van der Waals surface area contributed by atoms with Crippen LogP contribution in [0.3, 0.4) is 0 Å². The first-order chi connectivity index (χ1) is 12.4. The molecule has 1 aliphatic heterocycles. The van der Waals surface area contributed by atoms with Crippen LogP contribution in [-0.2, 0) is 4.74 Å². The van der Waals surface area contributed by atoms with E-state index in [9.17, 15) is 0 Å². The van der Waals surface area contributed by atoms with Gasteiger partial charge in [-0.2, -0.15) is 0 Å². The van der Waals surface area contributed by atoms with Crippen LogP contribution in [0.15, 0.2) is 34.7 Å². The van der Waals surface area contributed by atoms with Gasteiger partial charge in [-0.15, -0.1) is 16.4 Å². The van der Waals surface area contributed by atoms with Gasteiger partial charge in [0.25, 0.3) is 5.89 Å². The second kappa shape index (κ2) is 7.95. The second-order valence-electron chi connectivity index (χ2n) is 6.15. The number of fused-ring (bicyclic) bond motifs is 1. The zero-order chi connectivity index (χ0) is 16.9. The fourth-order valence-electron chi connectivity index (χ4n) is 2.96. The number of unbranched alkanes of at least 4 members (excludes halogenated alkanes) is 1. The van der Waals surface area contributed by atoms with E-state index in [1.54, 1.807) is 11.3 Å². The van der Waals surface area contributed by atoms with Crippen molar-refractivity contribution in [1.82, 2.24) is 15.1 Å². The molecule has 1 aromatic carbocycles. The maximum absolute atomic E-state index is 5.75. The van der Waals surface area contributed by atoms with Crippen molar-refractivity contribution in [2.24, 2.45) is 0 Å². The summed E-state index contributed by atoms with van der Waals surface area (Å²) in [6, 6.07) is 10.9. The Morgan fingerprint density at radius 3 is 2.88 bits per heavy atom. The molecule has 3 heterocycles. The summed E-state index contributed by atoms with van der Waals surface area (Å²) in [7, 11) is 0. The molecule has 6 nitrogen and oxygen atoms in total. The summed E-state index contributed by atoms with van der Waals surface area (Å²) in [5.41, 5.74) is 0. The van der Waals surface area contributed by atoms with E-state index in [0.29, 0.717) is 11.9 Å². The molecule has 3 aromatic rings. The summed E-state index contributed by atoms with van der Waals surface area (Å²) in [4.78, 5) is 3.46. The molecule has 7 heteroatoms. The normalized spacial score (nSPS) is 15.7. The molecule has 1 N–H and O–H groups in total. The van der Waals surface area contributed by atoms with Crippen LogP contribution in [0, 0.1) is 0 Å². The predicted octanol–water partition coefficient (Wildman–Crippen LogP) is 3.48. The van der Waals surface area contributed by atoms with E-state index in [-0.39, 0.29) is 0 Å². The molecule has 0 atom stereocenters. The third-order valence-corrected chi connectivity index (χ3v) is 5.45. The minimum absolute atomic E-state index is 0.499. The van der Waals surface area contributed by atoms with E-state index in [0.717, 1.165) is 57.1 Å². The van der Waals surface area contributed by atoms with Crippen LogP contribution in [0.1, 0.15) is 12.8 Å². The summed E-state index contributed by atoms with van der Waals surface area (Å²) in [5, 5.41) is 12.7. The van der Waals surface area contributed by atoms with Crippen LogP contribution in [0.2, 0.25) is 0 Å². The van der Waals surface area contributed by atoms with Gasteiger partial charge in [-0.1, -0.05) is 23.3 Å². The number of morpholine rings is 1. The molecule has 0 bridgehead atoms. The first kappa shape index (κ1) is 16.5. The Kier molecular flexibility index (Phi) is 5.25. The molecule has 25 heavy (non-hydrogen) atoms. The maximum Gasteiger partial charge on any atom is 0.315 e. The molecule has 0 unspecified atom stereocenters. The molecular weight excluding hydrogens is 336 g/mol. The summed E-state index contributed by atoms with van der Waals surface area (Å²) < 4.78 is 12.3. The zero-order valence-electron chi connectivity index (χ0n) is 14.1. The van der Waals surface area contributed by atoms with Crippen molar-refractivity contribution in [3.63, 3.8) is 0 Å². The van der Waals surface area contributed by atoms with Crippen LogP contribution in [-0.4, -0.2) is 54.5 Å². The average Bonchev–Trinajstić information content (AvgIpc) is 3.29. The molecular formula is C18H22N4O2S. The van der Waals surface area contributed by atoms with Crippen molar-refractivity contribution in [3.8, 4) is 10.8 Å². The summed E-state index contributed by atoms with van der Waals surface area (Å²) in [6.45, 7) is 5.80. The average molecular weight is 358 g/mol. The number of nitrogens with one attached hydrogen (secondary N) is 1. The number of hydrogen-bond donors (Lipinski definition) is 1. The Bertz CT molecular complexity index is 777. The highest BCUT2D eigenvalue weighted by molar-refractivity contribution is 7.22. The Morgan fingerprint density at radius 1 is 1.12 bits per heavy atom. The second-order valence-corrected chi connectivity index (χ2v) is 7.23. The van der Waals surface area contributed by atoms with Gasteiger partial charge in [0.15, 0.2) is 0 Å². The van der Waals surface area contributed by atoms with Gasteiger partial charge in [-0.05, 0) is 36.9 Å². The number of aromatic nitrogens is 2. The third kappa shape index (κ3) is 4.18. The number of nitrogens with zero attached hydrogens (tertiary/aromatic N) is 3. The molecule has 1 fully saturated rings. The van der Waals surface area contributed by atoms with E-state index in [2.05, 4.69) is 38.6 Å². The van der Waals surface area contributed by atoms with Gasteiger partial charge in [0.05, 0.1) is 18.1 Å². The fourth-order valence-corrected chi connectivity index (χ4v) is 3.95. The lowest BCUT2D eigenvalue weighted by Crippen LogP contribution is -2.36. The Balaban J connectivity index is 1.25. The van der Waals surface area contributed by atoms with Crippen LogP contribution in [0.25, 0.3) is 20.9 Å². The standard InChI is InChI=1S/C18H22N4O2S/c1-2-6-15-14(5-1)13-16(25-15)17-20-21-18(24-17)19-7-3-4-8-22-9-11-23-12-10-22/h1-2,5-6,13H,3-4,7-12H2,(H,19,21). The van der Waals surface area contributed by atoms with Crippen molar-refractivity contribution < 1.29 is 9.15 Å². The largest absolute Gasteiger partial charge is 0.403 e. The number of benzene rings is 1. The highest BCUT2D eigenvalue weighted by Gasteiger charge is 2.12. The molecule has 0 radical (unpaired) electrons. The Labute approximate surface area is 150 Å². The van der Waals surface area contributed by atoms with Crippen LogP contribution in [0.5, 0.6) is 0 Å². The lowest BCUT2D eigenvalue weighted by molar-refractivity contribution is 0.0373.